The third-order valence-corrected chi connectivity index (χ3v) is 3.32. The number of ether oxygens (including phenoxy) is 1. The van der Waals surface area contributed by atoms with Crippen LogP contribution in [0.5, 0.6) is 5.75 Å². The van der Waals surface area contributed by atoms with E-state index in [1.807, 2.05) is 12.1 Å². The predicted molar refractivity (Wildman–Crippen MR) is 75.2 cm³/mol. The second-order valence-corrected chi connectivity index (χ2v) is 5.05. The van der Waals surface area contributed by atoms with E-state index >= 15 is 0 Å². The molecule has 0 heterocycles. The lowest BCUT2D eigenvalue weighted by atomic mass is 9.92. The summed E-state index contributed by atoms with van der Waals surface area (Å²) in [5.41, 5.74) is 3.42. The normalized spacial score (nSPS) is 11.2. The molecule has 0 fully saturated rings. The number of aliphatic hydroxyl groups excluding tert-OH is 1. The summed E-state index contributed by atoms with van der Waals surface area (Å²) in [6, 6.07) is 8.44. The molecule has 0 amide bonds. The molecular weight excluding hydrogens is 224 g/mol. The van der Waals surface area contributed by atoms with Crippen LogP contribution in [0.2, 0.25) is 0 Å². The van der Waals surface area contributed by atoms with Crippen LogP contribution < -0.4 is 4.74 Å². The molecule has 18 heavy (non-hydrogen) atoms. The molecule has 2 nitrogen and oxygen atoms in total. The van der Waals surface area contributed by atoms with Gasteiger partial charge in [0.05, 0.1) is 13.7 Å². The van der Waals surface area contributed by atoms with Crippen molar-refractivity contribution < 1.29 is 9.84 Å². The molecule has 1 N–H and O–H groups in total. The highest BCUT2D eigenvalue weighted by Crippen LogP contribution is 2.32. The van der Waals surface area contributed by atoms with Gasteiger partial charge in [0.25, 0.3) is 0 Å². The minimum absolute atomic E-state index is 0.00449. The molecule has 0 saturated carbocycles. The number of aryl methyl sites for hydroxylation is 1. The molecule has 96 valence electrons. The number of aliphatic hydroxyl groups is 1. The van der Waals surface area contributed by atoms with Crippen molar-refractivity contribution in [2.75, 3.05) is 7.11 Å². The SMILES string of the molecule is COc1cc2cc(C)cc(C(C)C)c2cc1CO. The van der Waals surface area contributed by atoms with Crippen molar-refractivity contribution in [3.05, 3.63) is 41.0 Å². The van der Waals surface area contributed by atoms with Crippen LogP contribution in [0, 0.1) is 6.92 Å². The molecule has 0 aliphatic carbocycles. The Kier molecular flexibility index (Phi) is 3.58. The van der Waals surface area contributed by atoms with Gasteiger partial charge in [-0.05, 0) is 41.3 Å². The van der Waals surface area contributed by atoms with Gasteiger partial charge in [0, 0.05) is 5.56 Å². The van der Waals surface area contributed by atoms with E-state index in [0.29, 0.717) is 5.92 Å². The van der Waals surface area contributed by atoms with Gasteiger partial charge in [-0.1, -0.05) is 31.5 Å². The largest absolute Gasteiger partial charge is 0.496 e. The van der Waals surface area contributed by atoms with Gasteiger partial charge in [-0.2, -0.15) is 0 Å². The summed E-state index contributed by atoms with van der Waals surface area (Å²) in [5, 5.41) is 11.8. The summed E-state index contributed by atoms with van der Waals surface area (Å²) < 4.78 is 5.32. The van der Waals surface area contributed by atoms with Gasteiger partial charge in [0.15, 0.2) is 0 Å². The van der Waals surface area contributed by atoms with Crippen LogP contribution in [0.3, 0.4) is 0 Å². The molecule has 2 rings (SSSR count). The van der Waals surface area contributed by atoms with Crippen molar-refractivity contribution in [2.24, 2.45) is 0 Å². The van der Waals surface area contributed by atoms with Gasteiger partial charge in [-0.3, -0.25) is 0 Å². The fourth-order valence-electron chi connectivity index (χ4n) is 2.41. The third kappa shape index (κ3) is 2.21. The highest BCUT2D eigenvalue weighted by Gasteiger charge is 2.10. The van der Waals surface area contributed by atoms with E-state index in [4.69, 9.17) is 4.74 Å². The second kappa shape index (κ2) is 4.99. The van der Waals surface area contributed by atoms with Crippen molar-refractivity contribution in [3.63, 3.8) is 0 Å². The molecule has 0 aromatic heterocycles. The van der Waals surface area contributed by atoms with Gasteiger partial charge in [-0.15, -0.1) is 0 Å². The fourth-order valence-corrected chi connectivity index (χ4v) is 2.41. The Labute approximate surface area is 108 Å². The van der Waals surface area contributed by atoms with Gasteiger partial charge in [0.2, 0.25) is 0 Å². The lowest BCUT2D eigenvalue weighted by Crippen LogP contribution is -1.96. The summed E-state index contributed by atoms with van der Waals surface area (Å²) in [4.78, 5) is 0. The minimum atomic E-state index is 0.00449. The number of hydrogen-bond donors (Lipinski definition) is 1. The van der Waals surface area contributed by atoms with Gasteiger partial charge >= 0.3 is 0 Å². The Balaban J connectivity index is 2.79. The molecule has 0 spiro atoms. The number of rotatable bonds is 3. The quantitative estimate of drug-likeness (QED) is 0.890. The first-order chi connectivity index (χ1) is 8.56. The molecule has 2 aromatic rings. The van der Waals surface area contributed by atoms with Crippen molar-refractivity contribution in [1.29, 1.82) is 0 Å². The molecular formula is C16H20O2. The maximum atomic E-state index is 9.41. The average molecular weight is 244 g/mol. The van der Waals surface area contributed by atoms with Crippen LogP contribution >= 0.6 is 0 Å². The molecule has 0 atom stereocenters. The molecule has 2 heteroatoms. The average Bonchev–Trinajstić information content (AvgIpc) is 2.35. The topological polar surface area (TPSA) is 29.5 Å². The van der Waals surface area contributed by atoms with E-state index in [0.717, 1.165) is 11.3 Å². The zero-order valence-electron chi connectivity index (χ0n) is 11.4. The molecule has 0 unspecified atom stereocenters. The molecule has 0 bridgehead atoms. The Hall–Kier alpha value is -1.54. The summed E-state index contributed by atoms with van der Waals surface area (Å²) in [6.07, 6.45) is 0. The van der Waals surface area contributed by atoms with Gasteiger partial charge in [0.1, 0.15) is 5.75 Å². The smallest absolute Gasteiger partial charge is 0.125 e. The predicted octanol–water partition coefficient (Wildman–Crippen LogP) is 3.77. The Bertz CT molecular complexity index is 571. The Morgan fingerprint density at radius 1 is 1.17 bits per heavy atom. The van der Waals surface area contributed by atoms with E-state index in [1.54, 1.807) is 7.11 Å². The standard InChI is InChI=1S/C16H20O2/c1-10(2)14-6-11(3)5-12-8-16(18-4)13(9-17)7-15(12)14/h5-8,10,17H,9H2,1-4H3. The van der Waals surface area contributed by atoms with Crippen molar-refractivity contribution in [1.82, 2.24) is 0 Å². The molecule has 0 aliphatic heterocycles. The zero-order valence-corrected chi connectivity index (χ0v) is 11.4. The van der Waals surface area contributed by atoms with E-state index in [1.165, 1.54) is 21.9 Å². The second-order valence-electron chi connectivity index (χ2n) is 5.05. The lowest BCUT2D eigenvalue weighted by Gasteiger charge is -2.15. The van der Waals surface area contributed by atoms with Crippen molar-refractivity contribution >= 4 is 10.8 Å². The lowest BCUT2D eigenvalue weighted by molar-refractivity contribution is 0.274. The van der Waals surface area contributed by atoms with Crippen LogP contribution in [-0.4, -0.2) is 12.2 Å². The minimum Gasteiger partial charge on any atom is -0.496 e. The van der Waals surface area contributed by atoms with Crippen molar-refractivity contribution in [3.8, 4) is 5.75 Å². The highest BCUT2D eigenvalue weighted by atomic mass is 16.5. The number of fused-ring (bicyclic) bond motifs is 1. The Morgan fingerprint density at radius 3 is 2.44 bits per heavy atom. The van der Waals surface area contributed by atoms with E-state index in [2.05, 4.69) is 32.9 Å². The van der Waals surface area contributed by atoms with Gasteiger partial charge in [-0.25, -0.2) is 0 Å². The first-order valence-corrected chi connectivity index (χ1v) is 6.28. The molecule has 0 radical (unpaired) electrons. The first-order valence-electron chi connectivity index (χ1n) is 6.28. The molecule has 0 saturated heterocycles. The van der Waals surface area contributed by atoms with Crippen LogP contribution in [0.4, 0.5) is 0 Å². The number of benzene rings is 2. The van der Waals surface area contributed by atoms with E-state index in [9.17, 15) is 5.11 Å². The first kappa shape index (κ1) is 12.9. The summed E-state index contributed by atoms with van der Waals surface area (Å²) in [7, 11) is 1.64. The third-order valence-electron chi connectivity index (χ3n) is 3.32. The van der Waals surface area contributed by atoms with E-state index in [-0.39, 0.29) is 6.61 Å². The summed E-state index contributed by atoms with van der Waals surface area (Å²) in [6.45, 7) is 6.50. The number of hydrogen-bond acceptors (Lipinski definition) is 2. The maximum absolute atomic E-state index is 9.41. The maximum Gasteiger partial charge on any atom is 0.125 e. The Morgan fingerprint density at radius 2 is 1.89 bits per heavy atom. The zero-order chi connectivity index (χ0) is 13.3. The highest BCUT2D eigenvalue weighted by molar-refractivity contribution is 5.89. The van der Waals surface area contributed by atoms with Gasteiger partial charge < -0.3 is 9.84 Å². The van der Waals surface area contributed by atoms with Crippen molar-refractivity contribution in [2.45, 2.75) is 33.3 Å². The van der Waals surface area contributed by atoms with E-state index < -0.39 is 0 Å². The molecule has 2 aromatic carbocycles. The monoisotopic (exact) mass is 244 g/mol. The van der Waals surface area contributed by atoms with Crippen LogP contribution in [0.25, 0.3) is 10.8 Å². The van der Waals surface area contributed by atoms with Crippen LogP contribution in [0.1, 0.15) is 36.5 Å². The van der Waals surface area contributed by atoms with Crippen LogP contribution in [0.15, 0.2) is 24.3 Å². The van der Waals surface area contributed by atoms with Crippen LogP contribution in [-0.2, 0) is 6.61 Å². The summed E-state index contributed by atoms with van der Waals surface area (Å²) in [5.74, 6) is 1.22. The number of methoxy groups -OCH3 is 1. The summed E-state index contributed by atoms with van der Waals surface area (Å²) >= 11 is 0. The fraction of sp³-hybridized carbons (Fsp3) is 0.375. The molecule has 0 aliphatic rings.